The van der Waals surface area contributed by atoms with Gasteiger partial charge in [0.2, 0.25) is 0 Å². The van der Waals surface area contributed by atoms with E-state index < -0.39 is 10.0 Å². The molecule has 3 rings (SSSR count). The van der Waals surface area contributed by atoms with Crippen molar-refractivity contribution >= 4 is 15.7 Å². The van der Waals surface area contributed by atoms with Crippen molar-refractivity contribution in [1.82, 2.24) is 24.7 Å². The Morgan fingerprint density at radius 3 is 2.76 bits per heavy atom. The molecule has 0 aliphatic carbocycles. The zero-order valence-corrected chi connectivity index (χ0v) is 11.9. The molecule has 0 saturated heterocycles. The number of nitrogens with zero attached hydrogens (tertiary/aromatic N) is 4. The number of imidazole rings is 1. The van der Waals surface area contributed by atoms with Gasteiger partial charge in [0.05, 0.1) is 11.9 Å². The summed E-state index contributed by atoms with van der Waals surface area (Å²) in [5.41, 5.74) is 0.327. The molecule has 0 fully saturated rings. The van der Waals surface area contributed by atoms with Crippen LogP contribution in [-0.2, 0) is 10.0 Å². The van der Waals surface area contributed by atoms with Gasteiger partial charge in [0.1, 0.15) is 5.82 Å². The Bertz CT molecular complexity index is 854. The van der Waals surface area contributed by atoms with Crippen molar-refractivity contribution in [2.45, 2.75) is 11.9 Å². The van der Waals surface area contributed by atoms with E-state index in [-0.39, 0.29) is 5.03 Å². The first-order valence-corrected chi connectivity index (χ1v) is 7.54. The summed E-state index contributed by atoms with van der Waals surface area (Å²) in [6, 6.07) is 4.99. The molecule has 0 radical (unpaired) electrons. The van der Waals surface area contributed by atoms with Crippen LogP contribution in [0.2, 0.25) is 0 Å². The standard InChI is InChI=1S/C12H12N6O2S/c1-9-14-8-11(16-9)21(19,20)17-10-4-2-5-13-12(10)18-7-3-6-15-18/h2-8,17H,1H3,(H,14,16). The van der Waals surface area contributed by atoms with E-state index in [1.165, 1.54) is 10.9 Å². The molecule has 3 heterocycles. The minimum Gasteiger partial charge on any atom is -0.332 e. The smallest absolute Gasteiger partial charge is 0.279 e. The Morgan fingerprint density at radius 1 is 1.24 bits per heavy atom. The average molecular weight is 304 g/mol. The predicted molar refractivity (Wildman–Crippen MR) is 75.5 cm³/mol. The van der Waals surface area contributed by atoms with Crippen molar-refractivity contribution in [3.05, 3.63) is 48.8 Å². The molecule has 0 bridgehead atoms. The van der Waals surface area contributed by atoms with Gasteiger partial charge in [-0.2, -0.15) is 13.5 Å². The van der Waals surface area contributed by atoms with E-state index >= 15 is 0 Å². The number of rotatable bonds is 4. The second-order valence-electron chi connectivity index (χ2n) is 4.26. The van der Waals surface area contributed by atoms with Crippen LogP contribution in [0.5, 0.6) is 0 Å². The fourth-order valence-electron chi connectivity index (χ4n) is 1.79. The number of hydrogen-bond donors (Lipinski definition) is 2. The summed E-state index contributed by atoms with van der Waals surface area (Å²) in [6.07, 6.45) is 6.10. The van der Waals surface area contributed by atoms with Crippen molar-refractivity contribution in [3.8, 4) is 5.82 Å². The zero-order chi connectivity index (χ0) is 14.9. The van der Waals surface area contributed by atoms with Crippen LogP contribution in [0.15, 0.2) is 48.0 Å². The molecular weight excluding hydrogens is 292 g/mol. The summed E-state index contributed by atoms with van der Waals surface area (Å²) in [4.78, 5) is 10.7. The van der Waals surface area contributed by atoms with E-state index in [1.54, 1.807) is 43.7 Å². The minimum atomic E-state index is -3.76. The second-order valence-corrected chi connectivity index (χ2v) is 5.91. The first-order valence-electron chi connectivity index (χ1n) is 6.06. The van der Waals surface area contributed by atoms with Crippen molar-refractivity contribution in [2.24, 2.45) is 0 Å². The maximum Gasteiger partial charge on any atom is 0.279 e. The van der Waals surface area contributed by atoms with Crippen molar-refractivity contribution < 1.29 is 8.42 Å². The molecular formula is C12H12N6O2S. The minimum absolute atomic E-state index is 0.00438. The van der Waals surface area contributed by atoms with Gasteiger partial charge >= 0.3 is 0 Å². The highest BCUT2D eigenvalue weighted by atomic mass is 32.2. The highest BCUT2D eigenvalue weighted by Gasteiger charge is 2.19. The largest absolute Gasteiger partial charge is 0.332 e. The molecule has 21 heavy (non-hydrogen) atoms. The van der Waals surface area contributed by atoms with Crippen LogP contribution < -0.4 is 4.72 Å². The van der Waals surface area contributed by atoms with Crippen molar-refractivity contribution in [3.63, 3.8) is 0 Å². The Balaban J connectivity index is 1.99. The van der Waals surface area contributed by atoms with E-state index in [2.05, 4.69) is 24.8 Å². The van der Waals surface area contributed by atoms with Gasteiger partial charge in [0.15, 0.2) is 10.8 Å². The fourth-order valence-corrected chi connectivity index (χ4v) is 2.82. The molecule has 8 nitrogen and oxygen atoms in total. The number of sulfonamides is 1. The molecule has 3 aromatic heterocycles. The lowest BCUT2D eigenvalue weighted by molar-refractivity contribution is 0.598. The third kappa shape index (κ3) is 2.63. The quantitative estimate of drug-likeness (QED) is 0.751. The van der Waals surface area contributed by atoms with Crippen molar-refractivity contribution in [2.75, 3.05) is 4.72 Å². The van der Waals surface area contributed by atoms with Crippen LogP contribution in [0.1, 0.15) is 5.82 Å². The monoisotopic (exact) mass is 304 g/mol. The van der Waals surface area contributed by atoms with Gasteiger partial charge in [-0.3, -0.25) is 4.72 Å². The Morgan fingerprint density at radius 2 is 2.10 bits per heavy atom. The van der Waals surface area contributed by atoms with Gasteiger partial charge in [0.25, 0.3) is 10.0 Å². The molecule has 0 aliphatic rings. The van der Waals surface area contributed by atoms with Crippen LogP contribution in [0.4, 0.5) is 5.69 Å². The summed E-state index contributed by atoms with van der Waals surface area (Å²) in [5, 5.41) is 4.05. The molecule has 0 unspecified atom stereocenters. The van der Waals surface area contributed by atoms with Gasteiger partial charge in [-0.25, -0.2) is 14.6 Å². The summed E-state index contributed by atoms with van der Waals surface area (Å²) in [6.45, 7) is 1.68. The third-order valence-electron chi connectivity index (χ3n) is 2.72. The number of aryl methyl sites for hydroxylation is 1. The number of aromatic nitrogens is 5. The predicted octanol–water partition coefficient (Wildman–Crippen LogP) is 1.10. The third-order valence-corrected chi connectivity index (χ3v) is 4.00. The fraction of sp³-hybridized carbons (Fsp3) is 0.0833. The molecule has 0 amide bonds. The van der Waals surface area contributed by atoms with Crippen LogP contribution in [-0.4, -0.2) is 33.2 Å². The number of nitrogens with one attached hydrogen (secondary N) is 2. The Hall–Kier alpha value is -2.68. The number of H-pyrrole nitrogens is 1. The van der Waals surface area contributed by atoms with Gasteiger partial charge < -0.3 is 4.98 Å². The Kier molecular flexibility index (Phi) is 3.18. The zero-order valence-electron chi connectivity index (χ0n) is 11.1. The summed E-state index contributed by atoms with van der Waals surface area (Å²) >= 11 is 0. The van der Waals surface area contributed by atoms with E-state index in [0.29, 0.717) is 17.3 Å². The number of pyridine rings is 1. The lowest BCUT2D eigenvalue weighted by Crippen LogP contribution is -2.16. The maximum absolute atomic E-state index is 12.3. The molecule has 0 aromatic carbocycles. The van der Waals surface area contributed by atoms with Crippen LogP contribution in [0.3, 0.4) is 0 Å². The normalized spacial score (nSPS) is 11.5. The molecule has 0 aliphatic heterocycles. The lowest BCUT2D eigenvalue weighted by Gasteiger charge is -2.10. The van der Waals surface area contributed by atoms with Gasteiger partial charge in [-0.1, -0.05) is 0 Å². The molecule has 0 spiro atoms. The van der Waals surface area contributed by atoms with Gasteiger partial charge in [0, 0.05) is 18.6 Å². The van der Waals surface area contributed by atoms with E-state index in [4.69, 9.17) is 0 Å². The molecule has 0 saturated carbocycles. The van der Waals surface area contributed by atoms with E-state index in [1.807, 2.05) is 0 Å². The van der Waals surface area contributed by atoms with Crippen LogP contribution >= 0.6 is 0 Å². The summed E-state index contributed by atoms with van der Waals surface area (Å²) in [5.74, 6) is 0.913. The second kappa shape index (κ2) is 5.02. The van der Waals surface area contributed by atoms with Crippen LogP contribution in [0, 0.1) is 6.92 Å². The number of hydrogen-bond acceptors (Lipinski definition) is 5. The highest BCUT2D eigenvalue weighted by Crippen LogP contribution is 2.20. The average Bonchev–Trinajstić information content (AvgIpc) is 3.10. The van der Waals surface area contributed by atoms with Gasteiger partial charge in [-0.05, 0) is 25.1 Å². The molecule has 108 valence electrons. The molecule has 2 N–H and O–H groups in total. The van der Waals surface area contributed by atoms with E-state index in [0.717, 1.165) is 0 Å². The van der Waals surface area contributed by atoms with Crippen molar-refractivity contribution in [1.29, 1.82) is 0 Å². The highest BCUT2D eigenvalue weighted by molar-refractivity contribution is 7.92. The van der Waals surface area contributed by atoms with Gasteiger partial charge in [-0.15, -0.1) is 0 Å². The van der Waals surface area contributed by atoms with Crippen LogP contribution in [0.25, 0.3) is 5.82 Å². The molecule has 0 atom stereocenters. The molecule has 9 heteroatoms. The lowest BCUT2D eigenvalue weighted by atomic mass is 10.4. The SMILES string of the molecule is Cc1ncc(S(=O)(=O)Nc2cccnc2-n2cccn2)[nH]1. The van der Waals surface area contributed by atoms with E-state index in [9.17, 15) is 8.42 Å². The summed E-state index contributed by atoms with van der Waals surface area (Å²) in [7, 11) is -3.76. The Labute approximate surface area is 120 Å². The number of anilines is 1. The first-order chi connectivity index (χ1) is 10.1. The topological polar surface area (TPSA) is 106 Å². The molecule has 3 aromatic rings. The summed E-state index contributed by atoms with van der Waals surface area (Å²) < 4.78 is 28.6. The first kappa shape index (κ1) is 13.3. The number of aromatic amines is 1. The maximum atomic E-state index is 12.3.